The summed E-state index contributed by atoms with van der Waals surface area (Å²) >= 11 is 0. The molecule has 2 aromatic rings. The summed E-state index contributed by atoms with van der Waals surface area (Å²) in [6, 6.07) is 5.20. The Morgan fingerprint density at radius 3 is 2.83 bits per heavy atom. The van der Waals surface area contributed by atoms with Crippen molar-refractivity contribution in [1.82, 2.24) is 20.4 Å². The normalized spacial score (nSPS) is 15.6. The van der Waals surface area contributed by atoms with Crippen molar-refractivity contribution >= 4 is 11.8 Å². The van der Waals surface area contributed by atoms with Gasteiger partial charge in [-0.1, -0.05) is 6.92 Å². The second kappa shape index (κ2) is 6.68. The van der Waals surface area contributed by atoms with E-state index >= 15 is 0 Å². The fourth-order valence-electron chi connectivity index (χ4n) is 2.70. The molecule has 1 aliphatic heterocycles. The number of aromatic nitrogens is 2. The first-order valence-corrected chi connectivity index (χ1v) is 7.85. The summed E-state index contributed by atoms with van der Waals surface area (Å²) in [5, 5.41) is 9.84. The fraction of sp³-hybridized carbons (Fsp3) is 0.438. The average molecular weight is 316 g/mol. The van der Waals surface area contributed by atoms with Crippen LogP contribution in [-0.4, -0.2) is 46.0 Å². The van der Waals surface area contributed by atoms with Crippen LogP contribution in [-0.2, 0) is 6.42 Å². The Bertz CT molecular complexity index is 669. The van der Waals surface area contributed by atoms with E-state index in [4.69, 9.17) is 4.42 Å². The average Bonchev–Trinajstić information content (AvgIpc) is 3.26. The number of hydrogen-bond acceptors (Lipinski definition) is 4. The Labute approximate surface area is 134 Å². The molecular formula is C16H20N4O3. The van der Waals surface area contributed by atoms with E-state index in [1.54, 1.807) is 23.1 Å². The van der Waals surface area contributed by atoms with Crippen LogP contribution in [0.15, 0.2) is 28.9 Å². The molecule has 7 nitrogen and oxygen atoms in total. The van der Waals surface area contributed by atoms with Gasteiger partial charge in [-0.15, -0.1) is 0 Å². The molecule has 0 radical (unpaired) electrons. The van der Waals surface area contributed by atoms with Crippen molar-refractivity contribution in [2.45, 2.75) is 32.2 Å². The first-order chi connectivity index (χ1) is 11.2. The van der Waals surface area contributed by atoms with Crippen LogP contribution in [0.5, 0.6) is 0 Å². The Balaban J connectivity index is 1.51. The van der Waals surface area contributed by atoms with Crippen molar-refractivity contribution in [3.63, 3.8) is 0 Å². The molecule has 1 fully saturated rings. The summed E-state index contributed by atoms with van der Waals surface area (Å²) in [5.74, 6) is 0.0903. The molecule has 0 aliphatic carbocycles. The van der Waals surface area contributed by atoms with Crippen LogP contribution in [0.2, 0.25) is 0 Å². The monoisotopic (exact) mass is 316 g/mol. The number of aromatic amines is 1. The molecule has 2 N–H and O–H groups in total. The van der Waals surface area contributed by atoms with Crippen molar-refractivity contribution in [1.29, 1.82) is 0 Å². The van der Waals surface area contributed by atoms with E-state index in [1.165, 1.54) is 6.26 Å². The Morgan fingerprint density at radius 2 is 2.22 bits per heavy atom. The number of piperidine rings is 1. The van der Waals surface area contributed by atoms with Crippen LogP contribution in [0.25, 0.3) is 0 Å². The summed E-state index contributed by atoms with van der Waals surface area (Å²) in [5.41, 5.74) is 1.35. The molecule has 0 spiro atoms. The number of nitrogens with zero attached hydrogens (tertiary/aromatic N) is 2. The van der Waals surface area contributed by atoms with Gasteiger partial charge >= 0.3 is 0 Å². The smallest absolute Gasteiger partial charge is 0.289 e. The number of hydrogen-bond donors (Lipinski definition) is 2. The summed E-state index contributed by atoms with van der Waals surface area (Å²) in [6.45, 7) is 3.21. The molecule has 2 aromatic heterocycles. The molecule has 1 aliphatic rings. The third-order valence-electron chi connectivity index (χ3n) is 4.09. The van der Waals surface area contributed by atoms with Crippen molar-refractivity contribution < 1.29 is 14.0 Å². The number of likely N-dealkylation sites (tertiary alicyclic amines) is 1. The van der Waals surface area contributed by atoms with Gasteiger partial charge in [0.1, 0.15) is 5.69 Å². The van der Waals surface area contributed by atoms with Crippen LogP contribution >= 0.6 is 0 Å². The van der Waals surface area contributed by atoms with Gasteiger partial charge in [0.05, 0.1) is 6.26 Å². The molecule has 0 atom stereocenters. The lowest BCUT2D eigenvalue weighted by atomic mass is 10.0. The van der Waals surface area contributed by atoms with E-state index < -0.39 is 0 Å². The predicted octanol–water partition coefficient (Wildman–Crippen LogP) is 1.60. The van der Waals surface area contributed by atoms with E-state index in [2.05, 4.69) is 15.5 Å². The highest BCUT2D eigenvalue weighted by atomic mass is 16.3. The lowest BCUT2D eigenvalue weighted by Crippen LogP contribution is -2.46. The Hall–Kier alpha value is -2.57. The predicted molar refractivity (Wildman–Crippen MR) is 83.1 cm³/mol. The van der Waals surface area contributed by atoms with Gasteiger partial charge in [0.15, 0.2) is 5.76 Å². The topological polar surface area (TPSA) is 91.2 Å². The molecule has 2 amide bonds. The van der Waals surface area contributed by atoms with Gasteiger partial charge < -0.3 is 14.6 Å². The second-order valence-electron chi connectivity index (χ2n) is 5.65. The van der Waals surface area contributed by atoms with Crippen molar-refractivity contribution in [2.75, 3.05) is 13.1 Å². The summed E-state index contributed by atoms with van der Waals surface area (Å²) in [7, 11) is 0. The lowest BCUT2D eigenvalue weighted by Gasteiger charge is -2.31. The molecule has 3 heterocycles. The molecule has 0 saturated carbocycles. The minimum Gasteiger partial charge on any atom is -0.459 e. The molecule has 1 saturated heterocycles. The minimum atomic E-state index is -0.170. The highest BCUT2D eigenvalue weighted by Gasteiger charge is 2.26. The first-order valence-electron chi connectivity index (χ1n) is 7.85. The second-order valence-corrected chi connectivity index (χ2v) is 5.65. The largest absolute Gasteiger partial charge is 0.459 e. The third-order valence-corrected chi connectivity index (χ3v) is 4.09. The number of aryl methyl sites for hydroxylation is 1. The molecular weight excluding hydrogens is 296 g/mol. The number of H-pyrrole nitrogens is 1. The zero-order chi connectivity index (χ0) is 16.2. The number of carbonyl (C=O) groups excluding carboxylic acids is 2. The van der Waals surface area contributed by atoms with Gasteiger partial charge in [-0.05, 0) is 37.5 Å². The van der Waals surface area contributed by atoms with Crippen LogP contribution < -0.4 is 5.32 Å². The van der Waals surface area contributed by atoms with Gasteiger partial charge in [0.2, 0.25) is 0 Å². The van der Waals surface area contributed by atoms with E-state index in [9.17, 15) is 9.59 Å². The van der Waals surface area contributed by atoms with Crippen LogP contribution in [0.4, 0.5) is 0 Å². The SMILES string of the molecule is CCc1cc(C(=O)NC2CCN(C(=O)c3ccco3)CC2)n[nH]1. The molecule has 0 aromatic carbocycles. The number of rotatable bonds is 4. The summed E-state index contributed by atoms with van der Waals surface area (Å²) in [6.07, 6.45) is 3.76. The van der Waals surface area contributed by atoms with Gasteiger partial charge in [-0.3, -0.25) is 14.7 Å². The highest BCUT2D eigenvalue weighted by molar-refractivity contribution is 5.93. The standard InChI is InChI=1S/C16H20N4O3/c1-2-11-10-13(19-18-11)15(21)17-12-5-7-20(8-6-12)16(22)14-4-3-9-23-14/h3-4,9-10,12H,2,5-8H2,1H3,(H,17,21)(H,18,19). The van der Waals surface area contributed by atoms with Crippen LogP contribution in [0.3, 0.4) is 0 Å². The Kier molecular flexibility index (Phi) is 4.45. The van der Waals surface area contributed by atoms with Crippen molar-refractivity contribution in [2.24, 2.45) is 0 Å². The Morgan fingerprint density at radius 1 is 1.43 bits per heavy atom. The van der Waals surface area contributed by atoms with E-state index in [-0.39, 0.29) is 17.9 Å². The van der Waals surface area contributed by atoms with Crippen LogP contribution in [0, 0.1) is 0 Å². The summed E-state index contributed by atoms with van der Waals surface area (Å²) < 4.78 is 5.14. The maximum absolute atomic E-state index is 12.2. The highest BCUT2D eigenvalue weighted by Crippen LogP contribution is 2.15. The number of nitrogens with one attached hydrogen (secondary N) is 2. The quantitative estimate of drug-likeness (QED) is 0.896. The van der Waals surface area contributed by atoms with E-state index in [0.717, 1.165) is 25.0 Å². The summed E-state index contributed by atoms with van der Waals surface area (Å²) in [4.78, 5) is 26.1. The molecule has 7 heteroatoms. The molecule has 3 rings (SSSR count). The fourth-order valence-corrected chi connectivity index (χ4v) is 2.70. The number of carbonyl (C=O) groups is 2. The molecule has 0 bridgehead atoms. The van der Waals surface area contributed by atoms with Crippen LogP contribution in [0.1, 0.15) is 46.5 Å². The zero-order valence-corrected chi connectivity index (χ0v) is 13.0. The van der Waals surface area contributed by atoms with Gasteiger partial charge in [-0.2, -0.15) is 5.10 Å². The third kappa shape index (κ3) is 3.44. The van der Waals surface area contributed by atoms with Gasteiger partial charge in [-0.25, -0.2) is 0 Å². The van der Waals surface area contributed by atoms with Crippen molar-refractivity contribution in [3.8, 4) is 0 Å². The minimum absolute atomic E-state index is 0.0601. The maximum atomic E-state index is 12.2. The maximum Gasteiger partial charge on any atom is 0.289 e. The first kappa shape index (κ1) is 15.3. The van der Waals surface area contributed by atoms with E-state index in [1.807, 2.05) is 6.92 Å². The number of amides is 2. The molecule has 122 valence electrons. The van der Waals surface area contributed by atoms with Gasteiger partial charge in [0, 0.05) is 24.8 Å². The molecule has 23 heavy (non-hydrogen) atoms. The van der Waals surface area contributed by atoms with Gasteiger partial charge in [0.25, 0.3) is 11.8 Å². The van der Waals surface area contributed by atoms with Crippen molar-refractivity contribution in [3.05, 3.63) is 41.6 Å². The zero-order valence-electron chi connectivity index (χ0n) is 13.0. The van der Waals surface area contributed by atoms with E-state index in [0.29, 0.717) is 24.5 Å². The molecule has 0 unspecified atom stereocenters. The number of furan rings is 1. The lowest BCUT2D eigenvalue weighted by molar-refractivity contribution is 0.0667.